The normalized spacial score (nSPS) is 10.9. The second-order valence-corrected chi connectivity index (χ2v) is 6.21. The summed E-state index contributed by atoms with van der Waals surface area (Å²) in [5.74, 6) is -0.566. The summed E-state index contributed by atoms with van der Waals surface area (Å²) in [6.45, 7) is 0.718. The van der Waals surface area contributed by atoms with Gasteiger partial charge in [0, 0.05) is 17.7 Å². The van der Waals surface area contributed by atoms with Gasteiger partial charge in [-0.05, 0) is 35.9 Å². The molecule has 1 N–H and O–H groups in total. The van der Waals surface area contributed by atoms with Crippen molar-refractivity contribution >= 4 is 16.9 Å². The number of carbonyl (C=O) groups is 1. The van der Waals surface area contributed by atoms with Crippen molar-refractivity contribution in [2.24, 2.45) is 0 Å². The molecular formula is C21H17FN4O. The molecular weight excluding hydrogens is 343 g/mol. The van der Waals surface area contributed by atoms with Crippen LogP contribution in [0.2, 0.25) is 0 Å². The van der Waals surface area contributed by atoms with E-state index in [0.29, 0.717) is 17.7 Å². The SMILES string of the molecule is O=C(NCc1ccccc1F)c1ccc(Cn2nnc3ccccc32)cc1. The summed E-state index contributed by atoms with van der Waals surface area (Å²) in [6, 6.07) is 21.4. The molecule has 0 bridgehead atoms. The summed E-state index contributed by atoms with van der Waals surface area (Å²) >= 11 is 0. The summed E-state index contributed by atoms with van der Waals surface area (Å²) < 4.78 is 15.4. The molecule has 1 aromatic heterocycles. The molecule has 27 heavy (non-hydrogen) atoms. The highest BCUT2D eigenvalue weighted by molar-refractivity contribution is 5.94. The van der Waals surface area contributed by atoms with Gasteiger partial charge in [-0.1, -0.05) is 47.7 Å². The van der Waals surface area contributed by atoms with E-state index < -0.39 is 0 Å². The number of carbonyl (C=O) groups excluding carboxylic acids is 1. The van der Waals surface area contributed by atoms with Crippen molar-refractivity contribution in [3.05, 3.63) is 95.3 Å². The van der Waals surface area contributed by atoms with Crippen LogP contribution in [0.5, 0.6) is 0 Å². The standard InChI is InChI=1S/C21H17FN4O/c22-18-6-2-1-5-17(18)13-23-21(27)16-11-9-15(10-12-16)14-26-20-8-4-3-7-19(20)24-25-26/h1-12H,13-14H2,(H,23,27). The van der Waals surface area contributed by atoms with Crippen LogP contribution in [0.3, 0.4) is 0 Å². The van der Waals surface area contributed by atoms with Gasteiger partial charge in [0.15, 0.2) is 0 Å². The number of halogens is 1. The van der Waals surface area contributed by atoms with Crippen molar-refractivity contribution in [1.29, 1.82) is 0 Å². The van der Waals surface area contributed by atoms with E-state index in [1.54, 1.807) is 30.3 Å². The molecule has 5 nitrogen and oxygen atoms in total. The number of hydrogen-bond acceptors (Lipinski definition) is 3. The minimum Gasteiger partial charge on any atom is -0.348 e. The Morgan fingerprint density at radius 3 is 2.52 bits per heavy atom. The molecule has 0 unspecified atom stereocenters. The first-order valence-corrected chi connectivity index (χ1v) is 8.59. The number of nitrogens with one attached hydrogen (secondary N) is 1. The van der Waals surface area contributed by atoms with Gasteiger partial charge in [0.25, 0.3) is 5.91 Å². The molecule has 134 valence electrons. The zero-order chi connectivity index (χ0) is 18.6. The van der Waals surface area contributed by atoms with E-state index in [4.69, 9.17) is 0 Å². The largest absolute Gasteiger partial charge is 0.348 e. The summed E-state index contributed by atoms with van der Waals surface area (Å²) in [5, 5.41) is 11.0. The van der Waals surface area contributed by atoms with Crippen LogP contribution in [0.4, 0.5) is 4.39 Å². The van der Waals surface area contributed by atoms with Crippen molar-refractivity contribution in [2.45, 2.75) is 13.1 Å². The van der Waals surface area contributed by atoms with Crippen LogP contribution in [-0.2, 0) is 13.1 Å². The smallest absolute Gasteiger partial charge is 0.251 e. The molecule has 0 spiro atoms. The van der Waals surface area contributed by atoms with E-state index in [2.05, 4.69) is 15.6 Å². The summed E-state index contributed by atoms with van der Waals surface area (Å²) in [4.78, 5) is 12.3. The molecule has 1 heterocycles. The van der Waals surface area contributed by atoms with Gasteiger partial charge in [0.1, 0.15) is 11.3 Å². The predicted octanol–water partition coefficient (Wildman–Crippen LogP) is 3.55. The Hall–Kier alpha value is -3.54. The highest BCUT2D eigenvalue weighted by atomic mass is 19.1. The molecule has 1 amide bonds. The summed E-state index contributed by atoms with van der Waals surface area (Å²) in [6.07, 6.45) is 0. The average Bonchev–Trinajstić information content (AvgIpc) is 3.11. The monoisotopic (exact) mass is 360 g/mol. The van der Waals surface area contributed by atoms with E-state index in [0.717, 1.165) is 16.6 Å². The minimum atomic E-state index is -0.326. The molecule has 3 aromatic carbocycles. The first-order chi connectivity index (χ1) is 13.2. The predicted molar refractivity (Wildman–Crippen MR) is 101 cm³/mol. The fourth-order valence-electron chi connectivity index (χ4n) is 2.89. The van der Waals surface area contributed by atoms with Crippen molar-refractivity contribution < 1.29 is 9.18 Å². The number of rotatable bonds is 5. The van der Waals surface area contributed by atoms with E-state index in [-0.39, 0.29) is 18.3 Å². The third kappa shape index (κ3) is 3.69. The molecule has 0 aliphatic rings. The lowest BCUT2D eigenvalue weighted by molar-refractivity contribution is 0.0950. The highest BCUT2D eigenvalue weighted by Crippen LogP contribution is 2.13. The van der Waals surface area contributed by atoms with Crippen molar-refractivity contribution in [1.82, 2.24) is 20.3 Å². The van der Waals surface area contributed by atoms with Gasteiger partial charge in [-0.2, -0.15) is 0 Å². The minimum absolute atomic E-state index is 0.151. The maximum Gasteiger partial charge on any atom is 0.251 e. The van der Waals surface area contributed by atoms with Crippen molar-refractivity contribution in [3.63, 3.8) is 0 Å². The van der Waals surface area contributed by atoms with Crippen LogP contribution in [0, 0.1) is 5.82 Å². The van der Waals surface area contributed by atoms with Crippen molar-refractivity contribution in [3.8, 4) is 0 Å². The van der Waals surface area contributed by atoms with Crippen LogP contribution in [0.1, 0.15) is 21.5 Å². The Bertz CT molecular complexity index is 1090. The van der Waals surface area contributed by atoms with E-state index in [1.165, 1.54) is 6.07 Å². The number of aromatic nitrogens is 3. The number of para-hydroxylation sites is 1. The Kier molecular flexibility index (Phi) is 4.61. The molecule has 4 rings (SSSR count). The number of amides is 1. The maximum absolute atomic E-state index is 13.6. The van der Waals surface area contributed by atoms with Crippen LogP contribution < -0.4 is 5.32 Å². The number of nitrogens with zero attached hydrogens (tertiary/aromatic N) is 3. The highest BCUT2D eigenvalue weighted by Gasteiger charge is 2.08. The van der Waals surface area contributed by atoms with Crippen LogP contribution in [0.15, 0.2) is 72.8 Å². The van der Waals surface area contributed by atoms with Gasteiger partial charge in [-0.25, -0.2) is 9.07 Å². The average molecular weight is 360 g/mol. The lowest BCUT2D eigenvalue weighted by Crippen LogP contribution is -2.23. The fourth-order valence-corrected chi connectivity index (χ4v) is 2.89. The third-order valence-corrected chi connectivity index (χ3v) is 4.37. The van der Waals surface area contributed by atoms with Gasteiger partial charge in [0.05, 0.1) is 12.1 Å². The number of benzene rings is 3. The van der Waals surface area contributed by atoms with E-state index in [9.17, 15) is 9.18 Å². The molecule has 0 aliphatic heterocycles. The topological polar surface area (TPSA) is 59.8 Å². The summed E-state index contributed by atoms with van der Waals surface area (Å²) in [5.41, 5.74) is 3.81. The van der Waals surface area contributed by atoms with Crippen molar-refractivity contribution in [2.75, 3.05) is 0 Å². The van der Waals surface area contributed by atoms with Gasteiger partial charge >= 0.3 is 0 Å². The molecule has 0 atom stereocenters. The van der Waals surface area contributed by atoms with E-state index >= 15 is 0 Å². The lowest BCUT2D eigenvalue weighted by Gasteiger charge is -2.07. The molecule has 4 aromatic rings. The zero-order valence-corrected chi connectivity index (χ0v) is 14.5. The quantitative estimate of drug-likeness (QED) is 0.592. The molecule has 0 aliphatic carbocycles. The lowest BCUT2D eigenvalue weighted by atomic mass is 10.1. The van der Waals surface area contributed by atoms with Crippen LogP contribution >= 0.6 is 0 Å². The third-order valence-electron chi connectivity index (χ3n) is 4.37. The second kappa shape index (κ2) is 7.37. The first kappa shape index (κ1) is 16.9. The number of fused-ring (bicyclic) bond motifs is 1. The van der Waals surface area contributed by atoms with Crippen LogP contribution in [0.25, 0.3) is 11.0 Å². The second-order valence-electron chi connectivity index (χ2n) is 6.21. The molecule has 0 saturated heterocycles. The van der Waals surface area contributed by atoms with Gasteiger partial charge in [0.2, 0.25) is 0 Å². The molecule has 0 fully saturated rings. The molecule has 0 radical (unpaired) electrons. The van der Waals surface area contributed by atoms with Crippen LogP contribution in [-0.4, -0.2) is 20.9 Å². The molecule has 6 heteroatoms. The van der Waals surface area contributed by atoms with Gasteiger partial charge < -0.3 is 5.32 Å². The Morgan fingerprint density at radius 2 is 1.70 bits per heavy atom. The molecule has 0 saturated carbocycles. The Morgan fingerprint density at radius 1 is 0.963 bits per heavy atom. The summed E-state index contributed by atoms with van der Waals surface area (Å²) in [7, 11) is 0. The Balaban J connectivity index is 1.42. The number of hydrogen-bond donors (Lipinski definition) is 1. The Labute approximate surface area is 155 Å². The van der Waals surface area contributed by atoms with Gasteiger partial charge in [-0.15, -0.1) is 5.10 Å². The first-order valence-electron chi connectivity index (χ1n) is 8.59. The fraction of sp³-hybridized carbons (Fsp3) is 0.0952. The maximum atomic E-state index is 13.6. The van der Waals surface area contributed by atoms with Gasteiger partial charge in [-0.3, -0.25) is 4.79 Å². The zero-order valence-electron chi connectivity index (χ0n) is 14.5. The van der Waals surface area contributed by atoms with E-state index in [1.807, 2.05) is 41.1 Å².